The van der Waals surface area contributed by atoms with Crippen LogP contribution in [-0.4, -0.2) is 17.9 Å². The monoisotopic (exact) mass is 308 g/mol. The Balaban J connectivity index is 3.08. The van der Waals surface area contributed by atoms with Crippen LogP contribution in [-0.2, 0) is 6.18 Å². The number of rotatable bonds is 3. The molecule has 0 unspecified atom stereocenters. The molecule has 7 heteroatoms. The van der Waals surface area contributed by atoms with Gasteiger partial charge in [-0.05, 0) is 32.9 Å². The molecule has 0 saturated heterocycles. The number of hydrogen-bond acceptors (Lipinski definition) is 3. The number of nitrogens with two attached hydrogens (primary N) is 1. The van der Waals surface area contributed by atoms with Gasteiger partial charge in [0.2, 0.25) is 0 Å². The molecular formula is C13H16ClF3N2O. The average Bonchev–Trinajstić information content (AvgIpc) is 2.26. The molecule has 0 bridgehead atoms. The number of benzene rings is 1. The van der Waals surface area contributed by atoms with Crippen LogP contribution >= 0.6 is 11.6 Å². The van der Waals surface area contributed by atoms with Crippen molar-refractivity contribution in [3.05, 3.63) is 28.3 Å². The lowest BCUT2D eigenvalue weighted by atomic mass is 10.0. The van der Waals surface area contributed by atoms with Gasteiger partial charge in [-0.3, -0.25) is 4.79 Å². The summed E-state index contributed by atoms with van der Waals surface area (Å²) < 4.78 is 38.3. The number of anilines is 1. The molecule has 0 aromatic heterocycles. The van der Waals surface area contributed by atoms with Gasteiger partial charge in [-0.2, -0.15) is 13.2 Å². The van der Waals surface area contributed by atoms with Gasteiger partial charge in [-0.1, -0.05) is 11.6 Å². The van der Waals surface area contributed by atoms with E-state index in [1.165, 1.54) is 0 Å². The number of ketones is 1. The summed E-state index contributed by atoms with van der Waals surface area (Å²) in [5.74, 6) is -0.479. The van der Waals surface area contributed by atoms with E-state index in [2.05, 4.69) is 5.32 Å². The zero-order valence-corrected chi connectivity index (χ0v) is 12.1. The first kappa shape index (κ1) is 16.8. The summed E-state index contributed by atoms with van der Waals surface area (Å²) in [6, 6.07) is 1.88. The highest BCUT2D eigenvalue weighted by Crippen LogP contribution is 2.37. The molecule has 0 aliphatic carbocycles. The predicted octanol–water partition coefficient (Wildman–Crippen LogP) is 3.51. The van der Waals surface area contributed by atoms with E-state index in [1.54, 1.807) is 0 Å². The zero-order valence-electron chi connectivity index (χ0n) is 11.4. The van der Waals surface area contributed by atoms with Crippen molar-refractivity contribution in [3.8, 4) is 0 Å². The molecule has 0 aliphatic rings. The van der Waals surface area contributed by atoms with E-state index in [4.69, 9.17) is 17.3 Å². The fourth-order valence-corrected chi connectivity index (χ4v) is 1.68. The first-order valence-electron chi connectivity index (χ1n) is 5.86. The third-order valence-corrected chi connectivity index (χ3v) is 2.85. The zero-order chi connectivity index (χ0) is 15.7. The molecule has 0 fully saturated rings. The minimum Gasteiger partial charge on any atom is -0.397 e. The van der Waals surface area contributed by atoms with Gasteiger partial charge in [0, 0.05) is 11.1 Å². The van der Waals surface area contributed by atoms with Gasteiger partial charge in [-0.15, -0.1) is 0 Å². The normalized spacial score (nSPS) is 12.6. The van der Waals surface area contributed by atoms with Crippen LogP contribution in [0, 0.1) is 0 Å². The highest BCUT2D eigenvalue weighted by atomic mass is 35.5. The second kappa shape index (κ2) is 5.61. The van der Waals surface area contributed by atoms with Crippen LogP contribution in [0.1, 0.15) is 36.7 Å². The predicted molar refractivity (Wildman–Crippen MR) is 73.0 cm³/mol. The Morgan fingerprint density at radius 1 is 1.30 bits per heavy atom. The van der Waals surface area contributed by atoms with E-state index < -0.39 is 23.2 Å². The summed E-state index contributed by atoms with van der Waals surface area (Å²) in [7, 11) is 0. The van der Waals surface area contributed by atoms with Crippen LogP contribution in [0.25, 0.3) is 0 Å². The maximum absolute atomic E-state index is 12.8. The van der Waals surface area contributed by atoms with Crippen molar-refractivity contribution in [2.45, 2.75) is 32.5 Å². The Morgan fingerprint density at radius 2 is 1.85 bits per heavy atom. The second-order valence-electron chi connectivity index (χ2n) is 5.44. The molecule has 0 atom stereocenters. The van der Waals surface area contributed by atoms with Crippen molar-refractivity contribution in [2.24, 2.45) is 0 Å². The number of nitrogen functional groups attached to an aromatic ring is 1. The van der Waals surface area contributed by atoms with Crippen LogP contribution < -0.4 is 11.1 Å². The first-order chi connectivity index (χ1) is 8.92. The fraction of sp³-hybridized carbons (Fsp3) is 0.462. The Bertz CT molecular complexity index is 522. The van der Waals surface area contributed by atoms with Gasteiger partial charge in [0.05, 0.1) is 22.8 Å². The standard InChI is InChI=1S/C13H16ClF3N2O/c1-12(2,3)19-6-10(20)7-4-8(13(15,16)17)11(18)9(14)5-7/h4-5,19H,6,18H2,1-3H3. The maximum Gasteiger partial charge on any atom is 0.418 e. The molecular weight excluding hydrogens is 293 g/mol. The minimum absolute atomic E-state index is 0.0823. The van der Waals surface area contributed by atoms with Gasteiger partial charge in [-0.25, -0.2) is 0 Å². The summed E-state index contributed by atoms with van der Waals surface area (Å²) in [4.78, 5) is 11.9. The first-order valence-corrected chi connectivity index (χ1v) is 6.24. The van der Waals surface area contributed by atoms with E-state index in [1.807, 2.05) is 20.8 Å². The number of Topliss-reactive ketones (excluding diaryl/α,β-unsaturated/α-hetero) is 1. The van der Waals surface area contributed by atoms with E-state index >= 15 is 0 Å². The van der Waals surface area contributed by atoms with Crippen molar-refractivity contribution in [1.29, 1.82) is 0 Å². The molecule has 1 aromatic rings. The van der Waals surface area contributed by atoms with Crippen molar-refractivity contribution in [3.63, 3.8) is 0 Å². The van der Waals surface area contributed by atoms with Gasteiger partial charge >= 0.3 is 6.18 Å². The van der Waals surface area contributed by atoms with Crippen molar-refractivity contribution in [1.82, 2.24) is 5.32 Å². The van der Waals surface area contributed by atoms with Crippen molar-refractivity contribution in [2.75, 3.05) is 12.3 Å². The molecule has 112 valence electrons. The second-order valence-corrected chi connectivity index (χ2v) is 5.85. The van der Waals surface area contributed by atoms with E-state index in [0.717, 1.165) is 12.1 Å². The summed E-state index contributed by atoms with van der Waals surface area (Å²) >= 11 is 5.66. The quantitative estimate of drug-likeness (QED) is 0.663. The van der Waals surface area contributed by atoms with Crippen LogP contribution in [0.3, 0.4) is 0 Å². The molecule has 0 amide bonds. The van der Waals surface area contributed by atoms with Gasteiger partial charge < -0.3 is 11.1 Å². The molecule has 0 aliphatic heterocycles. The van der Waals surface area contributed by atoms with Crippen LogP contribution in [0.5, 0.6) is 0 Å². The lowest BCUT2D eigenvalue weighted by Crippen LogP contribution is -2.39. The summed E-state index contributed by atoms with van der Waals surface area (Å²) in [6.07, 6.45) is -4.65. The maximum atomic E-state index is 12.8. The number of carbonyl (C=O) groups excluding carboxylic acids is 1. The molecule has 0 spiro atoms. The number of halogens is 4. The fourth-order valence-electron chi connectivity index (χ4n) is 1.46. The van der Waals surface area contributed by atoms with Crippen molar-refractivity contribution < 1.29 is 18.0 Å². The third kappa shape index (κ3) is 4.38. The smallest absolute Gasteiger partial charge is 0.397 e. The molecule has 20 heavy (non-hydrogen) atoms. The van der Waals surface area contributed by atoms with Crippen LogP contribution in [0.4, 0.5) is 18.9 Å². The van der Waals surface area contributed by atoms with Gasteiger partial charge in [0.25, 0.3) is 0 Å². The summed E-state index contributed by atoms with van der Waals surface area (Å²) in [5, 5.41) is 2.63. The molecule has 1 aromatic carbocycles. The number of nitrogens with one attached hydrogen (secondary N) is 1. The van der Waals surface area contributed by atoms with Crippen LogP contribution in [0.2, 0.25) is 5.02 Å². The Labute approximate surface area is 120 Å². The Hall–Kier alpha value is -1.27. The third-order valence-electron chi connectivity index (χ3n) is 2.54. The molecule has 0 saturated carbocycles. The minimum atomic E-state index is -4.65. The largest absolute Gasteiger partial charge is 0.418 e. The summed E-state index contributed by atoms with van der Waals surface area (Å²) in [6.45, 7) is 5.45. The Morgan fingerprint density at radius 3 is 2.30 bits per heavy atom. The average molecular weight is 309 g/mol. The molecule has 3 N–H and O–H groups in total. The SMILES string of the molecule is CC(C)(C)NCC(=O)c1cc(Cl)c(N)c(C(F)(F)F)c1. The van der Waals surface area contributed by atoms with Crippen molar-refractivity contribution >= 4 is 23.1 Å². The number of hydrogen-bond donors (Lipinski definition) is 2. The van der Waals surface area contributed by atoms with E-state index in [9.17, 15) is 18.0 Å². The summed E-state index contributed by atoms with van der Waals surface area (Å²) in [5.41, 5.74) is 3.20. The van der Waals surface area contributed by atoms with E-state index in [-0.39, 0.29) is 22.7 Å². The molecule has 1 rings (SSSR count). The van der Waals surface area contributed by atoms with Crippen LogP contribution in [0.15, 0.2) is 12.1 Å². The Kier molecular flexibility index (Phi) is 4.71. The van der Waals surface area contributed by atoms with Gasteiger partial charge in [0.15, 0.2) is 5.78 Å². The molecule has 0 heterocycles. The molecule has 3 nitrogen and oxygen atoms in total. The topological polar surface area (TPSA) is 55.1 Å². The number of carbonyl (C=O) groups is 1. The highest BCUT2D eigenvalue weighted by Gasteiger charge is 2.34. The lowest BCUT2D eigenvalue weighted by Gasteiger charge is -2.20. The van der Waals surface area contributed by atoms with Gasteiger partial charge in [0.1, 0.15) is 0 Å². The molecule has 0 radical (unpaired) electrons. The highest BCUT2D eigenvalue weighted by molar-refractivity contribution is 6.33. The lowest BCUT2D eigenvalue weighted by molar-refractivity contribution is -0.136. The van der Waals surface area contributed by atoms with E-state index in [0.29, 0.717) is 0 Å². The number of alkyl halides is 3.